The molecule has 0 N–H and O–H groups in total. The number of rotatable bonds is 4. The first-order valence-electron chi connectivity index (χ1n) is 15.9. The fourth-order valence-electron chi connectivity index (χ4n) is 6.87. The molecule has 0 aliphatic heterocycles. The topological polar surface area (TPSA) is 51.8 Å². The van der Waals surface area contributed by atoms with Crippen molar-refractivity contribution in [3.8, 4) is 45.3 Å². The molecule has 5 heteroatoms. The maximum Gasteiger partial charge on any atom is 0.167 e. The Morgan fingerprint density at radius 1 is 0.396 bits per heavy atom. The first-order chi connectivity index (χ1) is 23.8. The summed E-state index contributed by atoms with van der Waals surface area (Å²) in [5, 5.41) is 7.01. The molecule has 0 fully saturated rings. The van der Waals surface area contributed by atoms with Gasteiger partial charge in [0.2, 0.25) is 0 Å². The van der Waals surface area contributed by atoms with Gasteiger partial charge in [0, 0.05) is 42.1 Å². The van der Waals surface area contributed by atoms with Gasteiger partial charge in [0.05, 0.1) is 5.56 Å². The van der Waals surface area contributed by atoms with Gasteiger partial charge in [-0.2, -0.15) is 0 Å². The van der Waals surface area contributed by atoms with Crippen molar-refractivity contribution in [2.45, 2.75) is 0 Å². The van der Waals surface area contributed by atoms with Crippen molar-refractivity contribution in [3.63, 3.8) is 0 Å². The fourth-order valence-corrected chi connectivity index (χ4v) is 8.08. The third-order valence-corrected chi connectivity index (χ3v) is 10.4. The van der Waals surface area contributed by atoms with Gasteiger partial charge in [-0.3, -0.25) is 0 Å². The molecule has 0 spiro atoms. The molecule has 0 aliphatic carbocycles. The third-order valence-electron chi connectivity index (χ3n) is 9.17. The Bertz CT molecular complexity index is 2710. The van der Waals surface area contributed by atoms with Crippen molar-refractivity contribution in [2.24, 2.45) is 0 Å². The Morgan fingerprint density at radius 3 is 1.85 bits per heavy atom. The smallest absolute Gasteiger partial charge is 0.167 e. The van der Waals surface area contributed by atoms with Crippen LogP contribution >= 0.6 is 11.3 Å². The van der Waals surface area contributed by atoms with E-state index in [1.54, 1.807) is 11.3 Å². The maximum atomic E-state index is 6.44. The minimum atomic E-state index is 0.580. The lowest BCUT2D eigenvalue weighted by atomic mass is 9.97. The van der Waals surface area contributed by atoms with Crippen molar-refractivity contribution in [1.82, 2.24) is 15.0 Å². The van der Waals surface area contributed by atoms with E-state index in [9.17, 15) is 0 Å². The van der Waals surface area contributed by atoms with E-state index in [1.165, 1.54) is 31.8 Å². The number of hydrogen-bond acceptors (Lipinski definition) is 5. The maximum absolute atomic E-state index is 6.44. The van der Waals surface area contributed by atoms with Crippen molar-refractivity contribution in [1.29, 1.82) is 0 Å². The average Bonchev–Trinajstić information content (AvgIpc) is 3.73. The molecule has 10 rings (SSSR count). The number of thiophene rings is 1. The molecule has 0 bridgehead atoms. The lowest BCUT2D eigenvalue weighted by Crippen LogP contribution is -2.00. The van der Waals surface area contributed by atoms with Gasteiger partial charge in [0.25, 0.3) is 0 Å². The van der Waals surface area contributed by atoms with E-state index in [0.717, 1.165) is 48.9 Å². The van der Waals surface area contributed by atoms with Crippen LogP contribution < -0.4 is 0 Å². The fraction of sp³-hybridized carbons (Fsp3) is 0. The number of benzene rings is 7. The van der Waals surface area contributed by atoms with Crippen LogP contribution in [0.15, 0.2) is 156 Å². The van der Waals surface area contributed by atoms with Crippen LogP contribution in [-0.4, -0.2) is 15.0 Å². The van der Waals surface area contributed by atoms with E-state index in [1.807, 2.05) is 24.3 Å². The van der Waals surface area contributed by atoms with Crippen molar-refractivity contribution in [2.75, 3.05) is 0 Å². The van der Waals surface area contributed by atoms with E-state index in [-0.39, 0.29) is 0 Å². The van der Waals surface area contributed by atoms with Crippen molar-refractivity contribution >= 4 is 64.2 Å². The van der Waals surface area contributed by atoms with Crippen LogP contribution in [-0.2, 0) is 0 Å². The number of nitrogens with zero attached hydrogens (tertiary/aromatic N) is 3. The van der Waals surface area contributed by atoms with Crippen molar-refractivity contribution < 1.29 is 4.42 Å². The number of aromatic nitrogens is 3. The van der Waals surface area contributed by atoms with Gasteiger partial charge in [-0.1, -0.05) is 127 Å². The minimum absolute atomic E-state index is 0.580. The molecule has 10 aromatic rings. The average molecular weight is 632 g/mol. The SMILES string of the molecule is c1ccc2c(-c3ccc(-c4nc(-c5cccc6c5oc5ccccc56)nc(-c5cccc6c5sc5ccccc56)n4)cc3)cccc2c1. The summed E-state index contributed by atoms with van der Waals surface area (Å²) >= 11 is 1.77. The predicted molar refractivity (Wildman–Crippen MR) is 199 cm³/mol. The summed E-state index contributed by atoms with van der Waals surface area (Å²) in [6.07, 6.45) is 0. The monoisotopic (exact) mass is 631 g/mol. The van der Waals surface area contributed by atoms with Crippen LogP contribution in [0.25, 0.3) is 98.2 Å². The highest BCUT2D eigenvalue weighted by Crippen LogP contribution is 2.41. The normalized spacial score (nSPS) is 11.8. The molecule has 0 amide bonds. The van der Waals surface area contributed by atoms with Gasteiger partial charge in [0.15, 0.2) is 17.5 Å². The Labute approximate surface area is 279 Å². The minimum Gasteiger partial charge on any atom is -0.455 e. The van der Waals surface area contributed by atoms with Crippen LogP contribution in [0.5, 0.6) is 0 Å². The number of para-hydroxylation sites is 2. The summed E-state index contributed by atoms with van der Waals surface area (Å²) in [6, 6.07) is 52.7. The molecule has 4 nitrogen and oxygen atoms in total. The van der Waals surface area contributed by atoms with E-state index < -0.39 is 0 Å². The predicted octanol–water partition coefficient (Wildman–Crippen LogP) is 12.0. The molecular weight excluding hydrogens is 607 g/mol. The van der Waals surface area contributed by atoms with E-state index in [4.69, 9.17) is 19.4 Å². The highest BCUT2D eigenvalue weighted by atomic mass is 32.1. The summed E-state index contributed by atoms with van der Waals surface area (Å²) in [5.74, 6) is 1.83. The third kappa shape index (κ3) is 4.25. The second-order valence-corrected chi connectivity index (χ2v) is 13.0. The molecule has 0 radical (unpaired) electrons. The molecule has 0 saturated carbocycles. The van der Waals surface area contributed by atoms with Gasteiger partial charge < -0.3 is 4.42 Å². The highest BCUT2D eigenvalue weighted by Gasteiger charge is 2.19. The van der Waals surface area contributed by atoms with Crippen molar-refractivity contribution in [3.05, 3.63) is 152 Å². The van der Waals surface area contributed by atoms with Gasteiger partial charge in [-0.25, -0.2) is 15.0 Å². The number of hydrogen-bond donors (Lipinski definition) is 0. The molecule has 3 aromatic heterocycles. The molecule has 7 aromatic carbocycles. The Hall–Kier alpha value is -6.17. The summed E-state index contributed by atoms with van der Waals surface area (Å²) < 4.78 is 8.84. The number of furan rings is 1. The Balaban J connectivity index is 1.19. The molecule has 0 unspecified atom stereocenters. The van der Waals surface area contributed by atoms with Crippen LogP contribution in [0, 0.1) is 0 Å². The molecule has 0 aliphatic rings. The lowest BCUT2D eigenvalue weighted by Gasteiger charge is -2.11. The molecule has 224 valence electrons. The Morgan fingerprint density at radius 2 is 0.979 bits per heavy atom. The van der Waals surface area contributed by atoms with E-state index in [0.29, 0.717) is 17.5 Å². The van der Waals surface area contributed by atoms with Crippen LogP contribution in [0.1, 0.15) is 0 Å². The van der Waals surface area contributed by atoms with Gasteiger partial charge in [-0.05, 0) is 46.2 Å². The van der Waals surface area contributed by atoms with Gasteiger partial charge >= 0.3 is 0 Å². The Kier molecular flexibility index (Phi) is 6.01. The van der Waals surface area contributed by atoms with Gasteiger partial charge in [-0.15, -0.1) is 11.3 Å². The zero-order valence-electron chi connectivity index (χ0n) is 25.6. The van der Waals surface area contributed by atoms with E-state index in [2.05, 4.69) is 127 Å². The van der Waals surface area contributed by atoms with Gasteiger partial charge in [0.1, 0.15) is 11.2 Å². The molecular formula is C43H25N3OS. The zero-order valence-corrected chi connectivity index (χ0v) is 26.4. The summed E-state index contributed by atoms with van der Waals surface area (Å²) in [5.41, 5.74) is 6.70. The molecule has 3 heterocycles. The van der Waals surface area contributed by atoms with Crippen LogP contribution in [0.3, 0.4) is 0 Å². The zero-order chi connectivity index (χ0) is 31.6. The second-order valence-electron chi connectivity index (χ2n) is 12.0. The van der Waals surface area contributed by atoms with E-state index >= 15 is 0 Å². The molecule has 0 atom stereocenters. The quantitative estimate of drug-likeness (QED) is 0.194. The first kappa shape index (κ1) is 27.0. The molecule has 48 heavy (non-hydrogen) atoms. The summed E-state index contributed by atoms with van der Waals surface area (Å²) in [4.78, 5) is 15.4. The number of fused-ring (bicyclic) bond motifs is 7. The summed E-state index contributed by atoms with van der Waals surface area (Å²) in [6.45, 7) is 0. The van der Waals surface area contributed by atoms with Crippen LogP contribution in [0.2, 0.25) is 0 Å². The largest absolute Gasteiger partial charge is 0.455 e. The first-order valence-corrected chi connectivity index (χ1v) is 16.8. The standard InChI is InChI=1S/C43H25N3OS/c1-2-12-29-26(10-1)11-7-15-30(29)27-22-24-28(25-23-27)41-44-42(35-18-8-16-33-31-13-3-5-20-37(31)47-39(33)35)46-43(45-41)36-19-9-17-34-32-14-4-6-21-38(32)48-40(34)36/h1-25H. The second kappa shape index (κ2) is 10.7. The molecule has 0 saturated heterocycles. The lowest BCUT2D eigenvalue weighted by molar-refractivity contribution is 0.669. The van der Waals surface area contributed by atoms with Crippen LogP contribution in [0.4, 0.5) is 0 Å². The highest BCUT2D eigenvalue weighted by molar-refractivity contribution is 7.26. The summed E-state index contributed by atoms with van der Waals surface area (Å²) in [7, 11) is 0.